The summed E-state index contributed by atoms with van der Waals surface area (Å²) in [5.74, 6) is -0.874. The molecular weight excluding hydrogens is 358 g/mol. The Kier molecular flexibility index (Phi) is 6.01. The molecule has 3 aromatic carbocycles. The van der Waals surface area contributed by atoms with Gasteiger partial charge in [-0.25, -0.2) is 4.79 Å². The fraction of sp³-hybridized carbons (Fsp3) is 0.136. The van der Waals surface area contributed by atoms with E-state index < -0.39 is 24.6 Å². The summed E-state index contributed by atoms with van der Waals surface area (Å²) in [5.41, 5.74) is 0.971. The van der Waals surface area contributed by atoms with Crippen LogP contribution < -0.4 is 10.1 Å². The van der Waals surface area contributed by atoms with Gasteiger partial charge in [0.05, 0.1) is 5.56 Å². The number of aldehydes is 1. The van der Waals surface area contributed by atoms with Gasteiger partial charge in [0, 0.05) is 11.1 Å². The van der Waals surface area contributed by atoms with E-state index in [2.05, 4.69) is 5.32 Å². The topological polar surface area (TPSA) is 81.7 Å². The van der Waals surface area contributed by atoms with Crippen LogP contribution in [0.15, 0.2) is 66.7 Å². The van der Waals surface area contributed by atoms with Gasteiger partial charge in [-0.1, -0.05) is 48.5 Å². The van der Waals surface area contributed by atoms with Crippen LogP contribution in [0, 0.1) is 0 Å². The predicted octanol–water partition coefficient (Wildman–Crippen LogP) is 3.60. The van der Waals surface area contributed by atoms with Gasteiger partial charge < -0.3 is 14.8 Å². The molecule has 0 aromatic heterocycles. The summed E-state index contributed by atoms with van der Waals surface area (Å²) in [6.45, 7) is 1.08. The van der Waals surface area contributed by atoms with Gasteiger partial charge in [-0.05, 0) is 30.5 Å². The SMILES string of the molecule is C[C@H](OC(=O)COc1ccccc1C=O)C(=O)Nc1cccc2ccccc12. The number of ether oxygens (including phenoxy) is 2. The minimum atomic E-state index is -1.00. The molecule has 6 nitrogen and oxygen atoms in total. The van der Waals surface area contributed by atoms with Gasteiger partial charge in [-0.2, -0.15) is 0 Å². The van der Waals surface area contributed by atoms with Crippen molar-refractivity contribution in [1.29, 1.82) is 0 Å². The first-order valence-corrected chi connectivity index (χ1v) is 8.73. The normalized spacial score (nSPS) is 11.5. The second kappa shape index (κ2) is 8.81. The van der Waals surface area contributed by atoms with Crippen LogP contribution in [0.2, 0.25) is 0 Å². The number of hydrogen-bond donors (Lipinski definition) is 1. The maximum absolute atomic E-state index is 12.4. The maximum atomic E-state index is 12.4. The van der Waals surface area contributed by atoms with Crippen molar-refractivity contribution in [3.8, 4) is 5.75 Å². The molecule has 3 rings (SSSR count). The second-order valence-electron chi connectivity index (χ2n) is 6.09. The Bertz CT molecular complexity index is 1010. The van der Waals surface area contributed by atoms with Crippen molar-refractivity contribution in [2.24, 2.45) is 0 Å². The lowest BCUT2D eigenvalue weighted by molar-refractivity contribution is -0.155. The van der Waals surface area contributed by atoms with Gasteiger partial charge >= 0.3 is 5.97 Å². The van der Waals surface area contributed by atoms with Crippen molar-refractivity contribution in [3.63, 3.8) is 0 Å². The van der Waals surface area contributed by atoms with Gasteiger partial charge in [0.1, 0.15) is 5.75 Å². The summed E-state index contributed by atoms with van der Waals surface area (Å²) < 4.78 is 10.4. The minimum Gasteiger partial charge on any atom is -0.481 e. The molecule has 0 fully saturated rings. The molecule has 0 unspecified atom stereocenters. The standard InChI is InChI=1S/C22H19NO5/c1-15(28-21(25)14-27-20-12-5-3-8-17(20)13-24)22(26)23-19-11-6-9-16-7-2-4-10-18(16)19/h2-13,15H,14H2,1H3,(H,23,26)/t15-/m0/s1. The zero-order chi connectivity index (χ0) is 19.9. The number of rotatable bonds is 7. The Hall–Kier alpha value is -3.67. The van der Waals surface area contributed by atoms with Crippen LogP contribution in [-0.4, -0.2) is 30.9 Å². The number of anilines is 1. The van der Waals surface area contributed by atoms with Crippen LogP contribution >= 0.6 is 0 Å². The highest BCUT2D eigenvalue weighted by molar-refractivity contribution is 6.03. The lowest BCUT2D eigenvalue weighted by Crippen LogP contribution is -2.31. The Morgan fingerprint density at radius 3 is 2.54 bits per heavy atom. The summed E-state index contributed by atoms with van der Waals surface area (Å²) in [6, 6.07) is 19.8. The van der Waals surface area contributed by atoms with E-state index in [0.717, 1.165) is 10.8 Å². The van der Waals surface area contributed by atoms with Crippen LogP contribution in [0.3, 0.4) is 0 Å². The van der Waals surface area contributed by atoms with Gasteiger partial charge in [-0.3, -0.25) is 9.59 Å². The molecule has 6 heteroatoms. The quantitative estimate of drug-likeness (QED) is 0.503. The van der Waals surface area contributed by atoms with E-state index in [4.69, 9.17) is 9.47 Å². The summed E-state index contributed by atoms with van der Waals surface area (Å²) in [7, 11) is 0. The molecule has 0 saturated heterocycles. The number of amides is 1. The number of nitrogens with one attached hydrogen (secondary N) is 1. The third-order valence-corrected chi connectivity index (χ3v) is 4.12. The molecule has 0 bridgehead atoms. The maximum Gasteiger partial charge on any atom is 0.344 e. The molecule has 1 atom stereocenters. The first-order chi connectivity index (χ1) is 13.6. The summed E-state index contributed by atoms with van der Waals surface area (Å²) in [5, 5.41) is 4.67. The predicted molar refractivity (Wildman–Crippen MR) is 105 cm³/mol. The molecule has 0 aliphatic heterocycles. The molecule has 28 heavy (non-hydrogen) atoms. The molecule has 142 valence electrons. The largest absolute Gasteiger partial charge is 0.481 e. The third-order valence-electron chi connectivity index (χ3n) is 4.12. The van der Waals surface area contributed by atoms with E-state index in [1.807, 2.05) is 36.4 Å². The highest BCUT2D eigenvalue weighted by atomic mass is 16.6. The summed E-state index contributed by atoms with van der Waals surface area (Å²) >= 11 is 0. The number of carbonyl (C=O) groups is 3. The number of carbonyl (C=O) groups excluding carboxylic acids is 3. The zero-order valence-electron chi connectivity index (χ0n) is 15.3. The molecule has 3 aromatic rings. The van der Waals surface area contributed by atoms with Crippen LogP contribution in [0.4, 0.5) is 5.69 Å². The number of esters is 1. The van der Waals surface area contributed by atoms with Gasteiger partial charge in [0.25, 0.3) is 5.91 Å². The van der Waals surface area contributed by atoms with E-state index in [9.17, 15) is 14.4 Å². The average molecular weight is 377 g/mol. The monoisotopic (exact) mass is 377 g/mol. The van der Waals surface area contributed by atoms with Crippen LogP contribution in [0.5, 0.6) is 5.75 Å². The molecule has 0 saturated carbocycles. The van der Waals surface area contributed by atoms with Crippen LogP contribution in [-0.2, 0) is 14.3 Å². The molecule has 1 N–H and O–H groups in total. The second-order valence-corrected chi connectivity index (χ2v) is 6.09. The van der Waals surface area contributed by atoms with Gasteiger partial charge in [-0.15, -0.1) is 0 Å². The van der Waals surface area contributed by atoms with Crippen molar-refractivity contribution in [3.05, 3.63) is 72.3 Å². The zero-order valence-corrected chi connectivity index (χ0v) is 15.3. The van der Waals surface area contributed by atoms with E-state index in [-0.39, 0.29) is 5.75 Å². The molecule has 0 aliphatic carbocycles. The lowest BCUT2D eigenvalue weighted by atomic mass is 10.1. The molecule has 0 radical (unpaired) electrons. The fourth-order valence-corrected chi connectivity index (χ4v) is 2.70. The number of hydrogen-bond acceptors (Lipinski definition) is 5. The van der Waals surface area contributed by atoms with Gasteiger partial charge in [0.15, 0.2) is 19.0 Å². The van der Waals surface area contributed by atoms with Crippen molar-refractivity contribution >= 4 is 34.6 Å². The Morgan fingerprint density at radius 1 is 1.00 bits per heavy atom. The first-order valence-electron chi connectivity index (χ1n) is 8.73. The van der Waals surface area contributed by atoms with Crippen LogP contribution in [0.25, 0.3) is 10.8 Å². The first kappa shape index (κ1) is 19.1. The van der Waals surface area contributed by atoms with Gasteiger partial charge in [0.2, 0.25) is 0 Å². The van der Waals surface area contributed by atoms with E-state index in [0.29, 0.717) is 17.5 Å². The smallest absolute Gasteiger partial charge is 0.344 e. The minimum absolute atomic E-state index is 0.280. The molecular formula is C22H19NO5. The van der Waals surface area contributed by atoms with Crippen molar-refractivity contribution in [1.82, 2.24) is 0 Å². The Labute approximate surface area is 162 Å². The van der Waals surface area contributed by atoms with Crippen molar-refractivity contribution in [2.75, 3.05) is 11.9 Å². The van der Waals surface area contributed by atoms with E-state index >= 15 is 0 Å². The fourth-order valence-electron chi connectivity index (χ4n) is 2.70. The van der Waals surface area contributed by atoms with E-state index in [1.54, 1.807) is 30.3 Å². The molecule has 1 amide bonds. The van der Waals surface area contributed by atoms with Crippen LogP contribution in [0.1, 0.15) is 17.3 Å². The Morgan fingerprint density at radius 2 is 1.71 bits per heavy atom. The Balaban J connectivity index is 1.57. The number of fused-ring (bicyclic) bond motifs is 1. The summed E-state index contributed by atoms with van der Waals surface area (Å²) in [4.78, 5) is 35.3. The van der Waals surface area contributed by atoms with Crippen molar-refractivity contribution in [2.45, 2.75) is 13.0 Å². The third kappa shape index (κ3) is 4.54. The highest BCUT2D eigenvalue weighted by Gasteiger charge is 2.19. The number of benzene rings is 3. The summed E-state index contributed by atoms with van der Waals surface area (Å²) in [6.07, 6.45) is -0.364. The molecule has 0 heterocycles. The number of para-hydroxylation sites is 1. The lowest BCUT2D eigenvalue weighted by Gasteiger charge is -2.15. The average Bonchev–Trinajstić information content (AvgIpc) is 2.72. The molecule has 0 spiro atoms. The van der Waals surface area contributed by atoms with Crippen molar-refractivity contribution < 1.29 is 23.9 Å². The highest BCUT2D eigenvalue weighted by Crippen LogP contribution is 2.23. The molecule has 0 aliphatic rings. The van der Waals surface area contributed by atoms with E-state index in [1.165, 1.54) is 6.92 Å².